The number of aryl methyl sites for hydroxylation is 2. The Hall–Kier alpha value is -3.20. The van der Waals surface area contributed by atoms with Gasteiger partial charge in [-0.2, -0.15) is 10.2 Å². The van der Waals surface area contributed by atoms with Crippen LogP contribution in [-0.2, 0) is 22.7 Å². The fourth-order valence-corrected chi connectivity index (χ4v) is 3.37. The van der Waals surface area contributed by atoms with Gasteiger partial charge in [0.05, 0.1) is 18.0 Å². The lowest BCUT2D eigenvalue weighted by Crippen LogP contribution is -2.28. The van der Waals surface area contributed by atoms with Gasteiger partial charge in [0.1, 0.15) is 10.8 Å². The molecule has 0 radical (unpaired) electrons. The number of anilines is 1. The lowest BCUT2D eigenvalue weighted by Gasteiger charge is -2.07. The minimum Gasteiger partial charge on any atom is -0.382 e. The first-order chi connectivity index (χ1) is 14.4. The van der Waals surface area contributed by atoms with Crippen molar-refractivity contribution in [3.8, 4) is 0 Å². The van der Waals surface area contributed by atoms with Crippen molar-refractivity contribution in [2.24, 2.45) is 5.16 Å². The lowest BCUT2D eigenvalue weighted by atomic mass is 10.1. The highest BCUT2D eigenvalue weighted by Gasteiger charge is 2.31. The third-order valence-corrected chi connectivity index (χ3v) is 5.04. The number of halogens is 2. The van der Waals surface area contributed by atoms with Crippen LogP contribution in [0.15, 0.2) is 41.8 Å². The molecule has 4 rings (SSSR count). The van der Waals surface area contributed by atoms with E-state index in [1.165, 1.54) is 12.1 Å². The Morgan fingerprint density at radius 2 is 2.03 bits per heavy atom. The van der Waals surface area contributed by atoms with Crippen LogP contribution in [0, 0.1) is 12.7 Å². The van der Waals surface area contributed by atoms with E-state index >= 15 is 0 Å². The summed E-state index contributed by atoms with van der Waals surface area (Å²) in [5, 5.41) is 15.7. The zero-order chi connectivity index (χ0) is 21.3. The van der Waals surface area contributed by atoms with Crippen molar-refractivity contribution in [1.29, 1.82) is 0 Å². The molecular formula is C20H20ClFN6O2. The molecule has 3 heterocycles. The summed E-state index contributed by atoms with van der Waals surface area (Å²) in [6, 6.07) is 6.09. The van der Waals surface area contributed by atoms with Gasteiger partial charge < -0.3 is 10.2 Å². The largest absolute Gasteiger partial charge is 0.382 e. The number of hydrogen-bond acceptors (Lipinski definition) is 5. The summed E-state index contributed by atoms with van der Waals surface area (Å²) in [6.07, 6.45) is 3.05. The average Bonchev–Trinajstić information content (AvgIpc) is 3.43. The van der Waals surface area contributed by atoms with Crippen molar-refractivity contribution < 1.29 is 14.0 Å². The molecule has 1 atom stereocenters. The Balaban J connectivity index is 1.39. The Morgan fingerprint density at radius 1 is 1.27 bits per heavy atom. The van der Waals surface area contributed by atoms with Crippen molar-refractivity contribution in [1.82, 2.24) is 19.6 Å². The first-order valence-corrected chi connectivity index (χ1v) is 9.86. The molecule has 8 nitrogen and oxygen atoms in total. The van der Waals surface area contributed by atoms with Gasteiger partial charge in [0, 0.05) is 30.9 Å². The Labute approximate surface area is 177 Å². The molecule has 0 saturated heterocycles. The summed E-state index contributed by atoms with van der Waals surface area (Å²) in [7, 11) is 0. The number of hydrogen-bond donors (Lipinski definition) is 1. The number of nitrogens with zero attached hydrogens (tertiary/aromatic N) is 5. The van der Waals surface area contributed by atoms with Crippen molar-refractivity contribution in [3.05, 3.63) is 64.3 Å². The minimum absolute atomic E-state index is 0.232. The van der Waals surface area contributed by atoms with Crippen molar-refractivity contribution >= 4 is 29.0 Å². The summed E-state index contributed by atoms with van der Waals surface area (Å²) in [4.78, 5) is 17.9. The van der Waals surface area contributed by atoms with Gasteiger partial charge >= 0.3 is 0 Å². The molecule has 0 fully saturated rings. The summed E-state index contributed by atoms with van der Waals surface area (Å²) in [6.45, 7) is 5.03. The van der Waals surface area contributed by atoms with Crippen LogP contribution >= 0.6 is 11.6 Å². The summed E-state index contributed by atoms with van der Waals surface area (Å²) in [5.41, 5.74) is 3.24. The highest BCUT2D eigenvalue weighted by Crippen LogP contribution is 2.23. The van der Waals surface area contributed by atoms with Gasteiger partial charge in [-0.3, -0.25) is 14.2 Å². The molecule has 30 heavy (non-hydrogen) atoms. The van der Waals surface area contributed by atoms with Gasteiger partial charge in [0.25, 0.3) is 5.91 Å². The molecule has 0 aliphatic carbocycles. The van der Waals surface area contributed by atoms with Crippen LogP contribution in [0.3, 0.4) is 0 Å². The van der Waals surface area contributed by atoms with Gasteiger partial charge in [0.15, 0.2) is 5.82 Å². The second-order valence-corrected chi connectivity index (χ2v) is 7.37. The van der Waals surface area contributed by atoms with Crippen LogP contribution in [0.1, 0.15) is 30.2 Å². The van der Waals surface area contributed by atoms with Gasteiger partial charge in [-0.05, 0) is 31.5 Å². The number of carbonyl (C=O) groups excluding carboxylic acids is 1. The zero-order valence-electron chi connectivity index (χ0n) is 16.5. The van der Waals surface area contributed by atoms with E-state index in [9.17, 15) is 9.18 Å². The minimum atomic E-state index is -0.775. The summed E-state index contributed by atoms with van der Waals surface area (Å²) < 4.78 is 16.4. The number of carbonyl (C=O) groups is 1. The number of nitrogens with one attached hydrogen (secondary N) is 1. The van der Waals surface area contributed by atoms with Gasteiger partial charge in [-0.25, -0.2) is 4.39 Å². The fourth-order valence-electron chi connectivity index (χ4n) is 3.18. The van der Waals surface area contributed by atoms with E-state index in [1.807, 2.05) is 24.7 Å². The summed E-state index contributed by atoms with van der Waals surface area (Å²) in [5.74, 6) is -0.459. The van der Waals surface area contributed by atoms with E-state index in [1.54, 1.807) is 23.0 Å². The number of rotatable bonds is 6. The topological polar surface area (TPSA) is 86.3 Å². The molecule has 3 aromatic rings. The number of oxime groups is 1. The van der Waals surface area contributed by atoms with E-state index in [4.69, 9.17) is 16.4 Å². The van der Waals surface area contributed by atoms with Crippen LogP contribution in [0.5, 0.6) is 0 Å². The quantitative estimate of drug-likeness (QED) is 0.649. The first kappa shape index (κ1) is 20.1. The molecule has 0 bridgehead atoms. The van der Waals surface area contributed by atoms with E-state index in [-0.39, 0.29) is 17.5 Å². The Bertz CT molecular complexity index is 1110. The molecule has 1 aliphatic heterocycles. The van der Waals surface area contributed by atoms with Gasteiger partial charge in [-0.1, -0.05) is 28.9 Å². The summed E-state index contributed by atoms with van der Waals surface area (Å²) >= 11 is 6.21. The van der Waals surface area contributed by atoms with E-state index in [0.717, 1.165) is 23.4 Å². The second-order valence-electron chi connectivity index (χ2n) is 6.96. The van der Waals surface area contributed by atoms with Crippen molar-refractivity contribution in [3.63, 3.8) is 0 Å². The lowest BCUT2D eigenvalue weighted by molar-refractivity contribution is -0.125. The Morgan fingerprint density at radius 3 is 2.73 bits per heavy atom. The average molecular weight is 431 g/mol. The molecule has 2 aromatic heterocycles. The number of benzene rings is 1. The fraction of sp³-hybridized carbons (Fsp3) is 0.300. The Kier molecular flexibility index (Phi) is 5.54. The molecule has 0 saturated carbocycles. The van der Waals surface area contributed by atoms with Gasteiger partial charge in [-0.15, -0.1) is 0 Å². The molecule has 10 heteroatoms. The predicted octanol–water partition coefficient (Wildman–Crippen LogP) is 3.38. The van der Waals surface area contributed by atoms with Crippen LogP contribution in [-0.4, -0.2) is 37.3 Å². The van der Waals surface area contributed by atoms with E-state index in [2.05, 4.69) is 20.7 Å². The van der Waals surface area contributed by atoms with E-state index < -0.39 is 6.10 Å². The van der Waals surface area contributed by atoms with Crippen molar-refractivity contribution in [2.45, 2.75) is 39.5 Å². The molecule has 1 unspecified atom stereocenters. The molecule has 1 N–H and O–H groups in total. The highest BCUT2D eigenvalue weighted by atomic mass is 35.5. The normalized spacial score (nSPS) is 15.7. The number of aromatic nitrogens is 4. The zero-order valence-corrected chi connectivity index (χ0v) is 17.2. The van der Waals surface area contributed by atoms with E-state index in [0.29, 0.717) is 23.7 Å². The molecular weight excluding hydrogens is 411 g/mol. The third kappa shape index (κ3) is 4.20. The maximum Gasteiger partial charge on any atom is 0.269 e. The molecule has 1 aromatic carbocycles. The molecule has 1 aliphatic rings. The second kappa shape index (κ2) is 8.27. The highest BCUT2D eigenvalue weighted by molar-refractivity contribution is 6.33. The van der Waals surface area contributed by atoms with Crippen LogP contribution in [0.25, 0.3) is 0 Å². The number of amides is 1. The van der Waals surface area contributed by atoms with Crippen molar-refractivity contribution in [2.75, 3.05) is 5.32 Å². The molecule has 0 spiro atoms. The monoisotopic (exact) mass is 430 g/mol. The van der Waals surface area contributed by atoms with Crippen LogP contribution in [0.2, 0.25) is 5.02 Å². The maximum absolute atomic E-state index is 13.0. The van der Waals surface area contributed by atoms with Crippen LogP contribution in [0.4, 0.5) is 10.2 Å². The molecule has 156 valence electrons. The standard InChI is InChI=1S/C20H20ClFN6O2/c1-3-27-10-15(12(2)24-27)17-8-18(30-26-17)20(29)23-19-16(21)11-28(25-19)9-13-4-6-14(22)7-5-13/h4-7,10-11,18H,3,8-9H2,1-2H3,(H,23,25,29). The third-order valence-electron chi connectivity index (χ3n) is 4.76. The smallest absolute Gasteiger partial charge is 0.269 e. The van der Waals surface area contributed by atoms with Gasteiger partial charge in [0.2, 0.25) is 6.10 Å². The maximum atomic E-state index is 13.0. The van der Waals surface area contributed by atoms with Crippen LogP contribution < -0.4 is 5.32 Å². The SMILES string of the molecule is CCn1cc(C2=NOC(C(=O)Nc3nn(Cc4ccc(F)cc4)cc3Cl)C2)c(C)n1. The predicted molar refractivity (Wildman–Crippen MR) is 110 cm³/mol. The molecule has 1 amide bonds. The first-order valence-electron chi connectivity index (χ1n) is 9.48.